The quantitative estimate of drug-likeness (QED) is 0.126. The van der Waals surface area contributed by atoms with Crippen LogP contribution >= 0.6 is 0 Å². The van der Waals surface area contributed by atoms with Crippen molar-refractivity contribution in [2.75, 3.05) is 4.90 Å². The fraction of sp³-hybridized carbons (Fsp3) is 0.170. The van der Waals surface area contributed by atoms with Gasteiger partial charge in [0.2, 0.25) is 0 Å². The van der Waals surface area contributed by atoms with Crippen molar-refractivity contribution in [3.63, 3.8) is 0 Å². The van der Waals surface area contributed by atoms with Gasteiger partial charge in [-0.05, 0) is 78.3 Å². The molecule has 1 atom stereocenters. The lowest BCUT2D eigenvalue weighted by atomic mass is 9.61. The second-order valence-electron chi connectivity index (χ2n) is 14.2. The molecule has 1 heterocycles. The standard InChI is InChI=1S/C47H43NO/c1-35-25-28-37(29-26-35)46(4)34-45(2,3)48(44(49)32-27-36-17-9-5-10-18-36)43-31-30-41(33-42(43)46)47(38-19-11-6-12-20-38,39-21-13-7-14-22-39)40-23-15-8-16-24-40/h5-33H,34H2,1-4H3/b32-27+/t46-/m0/s1. The van der Waals surface area contributed by atoms with E-state index in [1.54, 1.807) is 6.08 Å². The summed E-state index contributed by atoms with van der Waals surface area (Å²) >= 11 is 0. The molecule has 1 aliphatic rings. The van der Waals surface area contributed by atoms with Crippen molar-refractivity contribution in [1.82, 2.24) is 0 Å². The number of aryl methyl sites for hydroxylation is 1. The number of hydrogen-bond donors (Lipinski definition) is 0. The third-order valence-corrected chi connectivity index (χ3v) is 10.4. The van der Waals surface area contributed by atoms with E-state index in [-0.39, 0.29) is 11.3 Å². The van der Waals surface area contributed by atoms with E-state index in [4.69, 9.17) is 0 Å². The highest BCUT2D eigenvalue weighted by Gasteiger charge is 2.49. The summed E-state index contributed by atoms with van der Waals surface area (Å²) in [5, 5.41) is 0. The van der Waals surface area contributed by atoms with E-state index >= 15 is 0 Å². The number of hydrogen-bond acceptors (Lipinski definition) is 1. The average Bonchev–Trinajstić information content (AvgIpc) is 3.13. The smallest absolute Gasteiger partial charge is 0.251 e. The molecule has 1 amide bonds. The third kappa shape index (κ3) is 5.72. The van der Waals surface area contributed by atoms with E-state index < -0.39 is 11.0 Å². The van der Waals surface area contributed by atoms with Crippen molar-refractivity contribution in [1.29, 1.82) is 0 Å². The first-order valence-electron chi connectivity index (χ1n) is 17.2. The predicted octanol–water partition coefficient (Wildman–Crippen LogP) is 10.9. The van der Waals surface area contributed by atoms with E-state index in [1.165, 1.54) is 33.4 Å². The zero-order valence-electron chi connectivity index (χ0n) is 28.8. The molecule has 0 bridgehead atoms. The third-order valence-electron chi connectivity index (χ3n) is 10.4. The summed E-state index contributed by atoms with van der Waals surface area (Å²) in [6.07, 6.45) is 4.41. The van der Waals surface area contributed by atoms with Gasteiger partial charge in [0.05, 0.1) is 5.41 Å². The van der Waals surface area contributed by atoms with Crippen molar-refractivity contribution in [3.05, 3.63) is 214 Å². The zero-order chi connectivity index (χ0) is 34.1. The van der Waals surface area contributed by atoms with Gasteiger partial charge in [-0.3, -0.25) is 4.79 Å². The van der Waals surface area contributed by atoms with Gasteiger partial charge < -0.3 is 4.90 Å². The fourth-order valence-corrected chi connectivity index (χ4v) is 8.24. The highest BCUT2D eigenvalue weighted by molar-refractivity contribution is 6.06. The fourth-order valence-electron chi connectivity index (χ4n) is 8.24. The van der Waals surface area contributed by atoms with Crippen LogP contribution in [-0.2, 0) is 15.6 Å². The van der Waals surface area contributed by atoms with Crippen molar-refractivity contribution >= 4 is 17.7 Å². The largest absolute Gasteiger partial charge is 0.303 e. The summed E-state index contributed by atoms with van der Waals surface area (Å²) in [5.74, 6) is -0.0192. The minimum absolute atomic E-state index is 0.0192. The van der Waals surface area contributed by atoms with Gasteiger partial charge in [-0.15, -0.1) is 0 Å². The molecule has 0 saturated heterocycles. The van der Waals surface area contributed by atoms with E-state index in [1.807, 2.05) is 41.3 Å². The van der Waals surface area contributed by atoms with Crippen LogP contribution in [0, 0.1) is 6.92 Å². The summed E-state index contributed by atoms with van der Waals surface area (Å²) in [6.45, 7) is 8.90. The summed E-state index contributed by atoms with van der Waals surface area (Å²) < 4.78 is 0. The molecule has 0 fully saturated rings. The molecule has 2 heteroatoms. The molecular formula is C47H43NO. The molecule has 0 radical (unpaired) electrons. The van der Waals surface area contributed by atoms with Gasteiger partial charge >= 0.3 is 0 Å². The average molecular weight is 638 g/mol. The van der Waals surface area contributed by atoms with E-state index in [9.17, 15) is 4.79 Å². The van der Waals surface area contributed by atoms with Crippen LogP contribution in [0.5, 0.6) is 0 Å². The van der Waals surface area contributed by atoms with Gasteiger partial charge in [0.1, 0.15) is 0 Å². The summed E-state index contributed by atoms with van der Waals surface area (Å²) in [7, 11) is 0. The predicted molar refractivity (Wildman–Crippen MR) is 204 cm³/mol. The SMILES string of the molecule is Cc1ccc([C@]2(C)CC(C)(C)N(C(=O)/C=C/c3ccccc3)c3ccc(C(c4ccccc4)(c4ccccc4)c4ccccc4)cc32)cc1. The second kappa shape index (κ2) is 12.9. The maximum Gasteiger partial charge on any atom is 0.251 e. The molecule has 6 aromatic carbocycles. The Kier molecular flexibility index (Phi) is 8.42. The van der Waals surface area contributed by atoms with Crippen molar-refractivity contribution in [2.45, 2.75) is 50.5 Å². The molecular weight excluding hydrogens is 595 g/mol. The van der Waals surface area contributed by atoms with Crippen LogP contribution in [0.4, 0.5) is 5.69 Å². The monoisotopic (exact) mass is 637 g/mol. The lowest BCUT2D eigenvalue weighted by Crippen LogP contribution is -2.55. The second-order valence-corrected chi connectivity index (χ2v) is 14.2. The minimum Gasteiger partial charge on any atom is -0.303 e. The van der Waals surface area contributed by atoms with Crippen LogP contribution in [0.25, 0.3) is 6.08 Å². The minimum atomic E-state index is -0.595. The number of fused-ring (bicyclic) bond motifs is 1. The first-order valence-corrected chi connectivity index (χ1v) is 17.2. The summed E-state index contributed by atoms with van der Waals surface area (Å²) in [4.78, 5) is 16.4. The van der Waals surface area contributed by atoms with Crippen LogP contribution in [0.15, 0.2) is 170 Å². The molecule has 7 rings (SSSR count). The van der Waals surface area contributed by atoms with Crippen LogP contribution < -0.4 is 4.90 Å². The lowest BCUT2D eigenvalue weighted by molar-refractivity contribution is -0.115. The van der Waals surface area contributed by atoms with Gasteiger partial charge in [-0.2, -0.15) is 0 Å². The number of amides is 1. The Balaban J connectivity index is 1.51. The van der Waals surface area contributed by atoms with Crippen molar-refractivity contribution < 1.29 is 4.79 Å². The van der Waals surface area contributed by atoms with Crippen molar-refractivity contribution in [3.8, 4) is 0 Å². The Labute approximate surface area is 291 Å². The maximum atomic E-state index is 14.3. The van der Waals surface area contributed by atoms with Gasteiger partial charge in [0.25, 0.3) is 5.91 Å². The molecule has 0 unspecified atom stereocenters. The van der Waals surface area contributed by atoms with Crippen LogP contribution in [0.1, 0.15) is 71.7 Å². The molecule has 6 aromatic rings. The number of carbonyl (C=O) groups is 1. The Morgan fingerprint density at radius 1 is 0.612 bits per heavy atom. The zero-order valence-corrected chi connectivity index (χ0v) is 28.8. The lowest BCUT2D eigenvalue weighted by Gasteiger charge is -2.51. The Bertz CT molecular complexity index is 1980. The molecule has 0 aromatic heterocycles. The van der Waals surface area contributed by atoms with E-state index in [0.717, 1.165) is 23.2 Å². The van der Waals surface area contributed by atoms with Crippen molar-refractivity contribution in [2.24, 2.45) is 0 Å². The molecule has 0 N–H and O–H groups in total. The number of benzene rings is 6. The molecule has 242 valence electrons. The topological polar surface area (TPSA) is 20.3 Å². The number of carbonyl (C=O) groups excluding carboxylic acids is 1. The highest BCUT2D eigenvalue weighted by atomic mass is 16.2. The van der Waals surface area contributed by atoms with Gasteiger partial charge in [0, 0.05) is 22.7 Å². The Hall–Kier alpha value is -5.47. The summed E-state index contributed by atoms with van der Waals surface area (Å²) in [5.41, 5.74) is 8.93. The number of nitrogens with zero attached hydrogens (tertiary/aromatic N) is 1. The molecule has 1 aliphatic heterocycles. The van der Waals surface area contributed by atoms with Gasteiger partial charge in [-0.1, -0.05) is 170 Å². The maximum absolute atomic E-state index is 14.3. The van der Waals surface area contributed by atoms with Crippen LogP contribution in [0.3, 0.4) is 0 Å². The van der Waals surface area contributed by atoms with Crippen LogP contribution in [0.2, 0.25) is 0 Å². The molecule has 0 aliphatic carbocycles. The normalized spacial score (nSPS) is 17.1. The first-order chi connectivity index (χ1) is 23.7. The Morgan fingerprint density at radius 2 is 1.10 bits per heavy atom. The number of rotatable bonds is 7. The Morgan fingerprint density at radius 3 is 1.61 bits per heavy atom. The van der Waals surface area contributed by atoms with Gasteiger partial charge in [-0.25, -0.2) is 0 Å². The molecule has 49 heavy (non-hydrogen) atoms. The molecule has 0 spiro atoms. The molecule has 0 saturated carbocycles. The summed E-state index contributed by atoms with van der Waals surface area (Å²) in [6, 6.07) is 58.3. The molecule has 2 nitrogen and oxygen atoms in total. The highest BCUT2D eigenvalue weighted by Crippen LogP contribution is 2.53. The number of anilines is 1. The van der Waals surface area contributed by atoms with E-state index in [2.05, 4.69) is 161 Å². The first kappa shape index (κ1) is 32.1. The van der Waals surface area contributed by atoms with Gasteiger partial charge in [0.15, 0.2) is 0 Å². The van der Waals surface area contributed by atoms with E-state index in [0.29, 0.717) is 0 Å². The van der Waals surface area contributed by atoms with Crippen LogP contribution in [-0.4, -0.2) is 11.4 Å².